The first-order chi connectivity index (χ1) is 9.20. The lowest BCUT2D eigenvalue weighted by molar-refractivity contribution is -0.127. The van der Waals surface area contributed by atoms with Gasteiger partial charge >= 0.3 is 0 Å². The lowest BCUT2D eigenvalue weighted by Gasteiger charge is -2.34. The molecule has 2 unspecified atom stereocenters. The summed E-state index contributed by atoms with van der Waals surface area (Å²) in [5.41, 5.74) is 0. The number of halogens is 1. The maximum atomic E-state index is 12.3. The van der Waals surface area contributed by atoms with Gasteiger partial charge in [-0.1, -0.05) is 6.92 Å². The van der Waals surface area contributed by atoms with E-state index >= 15 is 0 Å². The smallest absolute Gasteiger partial charge is 0.224 e. The molecule has 20 heavy (non-hydrogen) atoms. The molecule has 0 saturated carbocycles. The monoisotopic (exact) mass is 303 g/mol. The van der Waals surface area contributed by atoms with Gasteiger partial charge in [0.2, 0.25) is 5.91 Å². The van der Waals surface area contributed by atoms with Crippen molar-refractivity contribution < 1.29 is 4.79 Å². The van der Waals surface area contributed by atoms with Crippen LogP contribution in [0.1, 0.15) is 46.0 Å². The van der Waals surface area contributed by atoms with Crippen LogP contribution in [0.25, 0.3) is 0 Å². The van der Waals surface area contributed by atoms with Crippen molar-refractivity contribution in [3.63, 3.8) is 0 Å². The summed E-state index contributed by atoms with van der Waals surface area (Å²) in [6.07, 6.45) is 5.61. The molecule has 0 radical (unpaired) electrons. The van der Waals surface area contributed by atoms with Crippen LogP contribution in [0.4, 0.5) is 0 Å². The lowest BCUT2D eigenvalue weighted by Crippen LogP contribution is -2.51. The van der Waals surface area contributed by atoms with Gasteiger partial charge in [-0.3, -0.25) is 4.79 Å². The molecule has 0 spiro atoms. The van der Waals surface area contributed by atoms with E-state index in [9.17, 15) is 4.79 Å². The molecule has 0 aromatic rings. The van der Waals surface area contributed by atoms with Crippen LogP contribution in [0.3, 0.4) is 0 Å². The third kappa shape index (κ3) is 4.90. The molecule has 2 heterocycles. The summed E-state index contributed by atoms with van der Waals surface area (Å²) in [4.78, 5) is 14.8. The number of amides is 1. The Balaban J connectivity index is 0.00000200. The fourth-order valence-corrected chi connectivity index (χ4v) is 3.33. The van der Waals surface area contributed by atoms with Gasteiger partial charge in [-0.2, -0.15) is 0 Å². The van der Waals surface area contributed by atoms with Crippen LogP contribution in [0.2, 0.25) is 0 Å². The van der Waals surface area contributed by atoms with Gasteiger partial charge in [-0.15, -0.1) is 12.4 Å². The Kier molecular flexibility index (Phi) is 7.85. The Morgan fingerprint density at radius 3 is 2.60 bits per heavy atom. The van der Waals surface area contributed by atoms with E-state index < -0.39 is 0 Å². The molecule has 2 saturated heterocycles. The zero-order valence-electron chi connectivity index (χ0n) is 12.9. The number of piperidine rings is 2. The fraction of sp³-hybridized carbons (Fsp3) is 0.933. The third-order valence-corrected chi connectivity index (χ3v) is 4.57. The molecule has 4 nitrogen and oxygen atoms in total. The molecule has 0 aromatic carbocycles. The number of hydrogen-bond acceptors (Lipinski definition) is 3. The average Bonchev–Trinajstić information content (AvgIpc) is 2.42. The van der Waals surface area contributed by atoms with Crippen LogP contribution in [0, 0.1) is 5.92 Å². The maximum Gasteiger partial charge on any atom is 0.224 e. The van der Waals surface area contributed by atoms with Crippen molar-refractivity contribution in [2.75, 3.05) is 26.2 Å². The van der Waals surface area contributed by atoms with Gasteiger partial charge in [-0.25, -0.2) is 0 Å². The third-order valence-electron chi connectivity index (χ3n) is 4.57. The number of nitrogens with zero attached hydrogens (tertiary/aromatic N) is 1. The Morgan fingerprint density at radius 1 is 1.30 bits per heavy atom. The lowest BCUT2D eigenvalue weighted by atomic mass is 9.90. The molecule has 118 valence electrons. The molecule has 2 aliphatic heterocycles. The standard InChI is InChI=1S/C15H29N3O.ClH/c1-3-9-18-10-6-13(7-11-18)17-15(19)14-5-4-8-16-12(14)2;/h12-14,16H,3-11H2,1-2H3,(H,17,19);1H. The van der Waals surface area contributed by atoms with E-state index in [1.807, 2.05) is 0 Å². The largest absolute Gasteiger partial charge is 0.353 e. The van der Waals surface area contributed by atoms with Gasteiger partial charge in [0.1, 0.15) is 0 Å². The van der Waals surface area contributed by atoms with Crippen molar-refractivity contribution in [3.05, 3.63) is 0 Å². The van der Waals surface area contributed by atoms with Crippen LogP contribution >= 0.6 is 12.4 Å². The van der Waals surface area contributed by atoms with E-state index in [0.29, 0.717) is 12.1 Å². The fourth-order valence-electron chi connectivity index (χ4n) is 3.33. The predicted molar refractivity (Wildman–Crippen MR) is 85.3 cm³/mol. The minimum atomic E-state index is 0. The first-order valence-electron chi connectivity index (χ1n) is 7.96. The highest BCUT2D eigenvalue weighted by Crippen LogP contribution is 2.18. The number of rotatable bonds is 4. The molecule has 5 heteroatoms. The van der Waals surface area contributed by atoms with Gasteiger partial charge in [0, 0.05) is 25.2 Å². The summed E-state index contributed by atoms with van der Waals surface area (Å²) >= 11 is 0. The molecular formula is C15H30ClN3O. The van der Waals surface area contributed by atoms with Crippen LogP contribution < -0.4 is 10.6 Å². The number of likely N-dealkylation sites (tertiary alicyclic amines) is 1. The van der Waals surface area contributed by atoms with Crippen molar-refractivity contribution in [3.8, 4) is 0 Å². The molecular weight excluding hydrogens is 274 g/mol. The molecule has 2 atom stereocenters. The van der Waals surface area contributed by atoms with E-state index in [0.717, 1.165) is 45.3 Å². The summed E-state index contributed by atoms with van der Waals surface area (Å²) in [6, 6.07) is 0.726. The van der Waals surface area contributed by atoms with E-state index in [4.69, 9.17) is 0 Å². The highest BCUT2D eigenvalue weighted by molar-refractivity contribution is 5.85. The zero-order chi connectivity index (χ0) is 13.7. The second-order valence-corrected chi connectivity index (χ2v) is 6.12. The molecule has 0 aliphatic carbocycles. The summed E-state index contributed by atoms with van der Waals surface area (Å²) < 4.78 is 0. The van der Waals surface area contributed by atoms with E-state index in [2.05, 4.69) is 29.4 Å². The topological polar surface area (TPSA) is 44.4 Å². The summed E-state index contributed by atoms with van der Waals surface area (Å²) in [5.74, 6) is 0.441. The van der Waals surface area contributed by atoms with Crippen LogP contribution in [0.5, 0.6) is 0 Å². The minimum absolute atomic E-state index is 0. The van der Waals surface area contributed by atoms with Gasteiger partial charge < -0.3 is 15.5 Å². The van der Waals surface area contributed by atoms with Gasteiger partial charge in [0.15, 0.2) is 0 Å². The second-order valence-electron chi connectivity index (χ2n) is 6.12. The zero-order valence-corrected chi connectivity index (χ0v) is 13.7. The Morgan fingerprint density at radius 2 is 2.00 bits per heavy atom. The van der Waals surface area contributed by atoms with Gasteiger partial charge in [-0.05, 0) is 52.1 Å². The molecule has 0 bridgehead atoms. The first-order valence-corrected chi connectivity index (χ1v) is 7.96. The minimum Gasteiger partial charge on any atom is -0.353 e. The Bertz CT molecular complexity index is 293. The van der Waals surface area contributed by atoms with Crippen molar-refractivity contribution in [1.82, 2.24) is 15.5 Å². The summed E-state index contributed by atoms with van der Waals surface area (Å²) in [6.45, 7) is 8.89. The average molecular weight is 304 g/mol. The SMILES string of the molecule is CCCN1CCC(NC(=O)C2CCCNC2C)CC1.Cl. The Labute approximate surface area is 129 Å². The molecule has 2 fully saturated rings. The predicted octanol–water partition coefficient (Wildman–Crippen LogP) is 1.79. The molecule has 0 aromatic heterocycles. The quantitative estimate of drug-likeness (QED) is 0.832. The van der Waals surface area contributed by atoms with Crippen LogP contribution in [-0.4, -0.2) is 49.1 Å². The number of carbonyl (C=O) groups is 1. The molecule has 2 aliphatic rings. The van der Waals surface area contributed by atoms with E-state index in [-0.39, 0.29) is 24.2 Å². The van der Waals surface area contributed by atoms with Gasteiger partial charge in [0.25, 0.3) is 0 Å². The van der Waals surface area contributed by atoms with Crippen LogP contribution in [0.15, 0.2) is 0 Å². The van der Waals surface area contributed by atoms with Crippen molar-refractivity contribution in [2.24, 2.45) is 5.92 Å². The summed E-state index contributed by atoms with van der Waals surface area (Å²) in [7, 11) is 0. The normalized spacial score (nSPS) is 28.7. The molecule has 1 amide bonds. The van der Waals surface area contributed by atoms with E-state index in [1.54, 1.807) is 0 Å². The van der Waals surface area contributed by atoms with Gasteiger partial charge in [0.05, 0.1) is 5.92 Å². The highest BCUT2D eigenvalue weighted by Gasteiger charge is 2.29. The molecule has 2 rings (SSSR count). The van der Waals surface area contributed by atoms with Crippen molar-refractivity contribution >= 4 is 18.3 Å². The number of nitrogens with one attached hydrogen (secondary N) is 2. The molecule has 2 N–H and O–H groups in total. The Hall–Kier alpha value is -0.320. The van der Waals surface area contributed by atoms with E-state index in [1.165, 1.54) is 13.0 Å². The summed E-state index contributed by atoms with van der Waals surface area (Å²) in [5, 5.41) is 6.68. The maximum absolute atomic E-state index is 12.3. The van der Waals surface area contributed by atoms with Crippen molar-refractivity contribution in [2.45, 2.75) is 58.0 Å². The highest BCUT2D eigenvalue weighted by atomic mass is 35.5. The first kappa shape index (κ1) is 17.7. The number of carbonyl (C=O) groups excluding carboxylic acids is 1. The number of hydrogen-bond donors (Lipinski definition) is 2. The second kappa shape index (κ2) is 8.85. The van der Waals surface area contributed by atoms with Crippen LogP contribution in [-0.2, 0) is 4.79 Å². The van der Waals surface area contributed by atoms with Crippen molar-refractivity contribution in [1.29, 1.82) is 0 Å².